The van der Waals surface area contributed by atoms with Crippen LogP contribution in [0.2, 0.25) is 0 Å². The van der Waals surface area contributed by atoms with Gasteiger partial charge in [-0.2, -0.15) is 0 Å². The van der Waals surface area contributed by atoms with Crippen molar-refractivity contribution in [3.8, 4) is 0 Å². The number of anilines is 1. The predicted octanol–water partition coefficient (Wildman–Crippen LogP) is 2.50. The van der Waals surface area contributed by atoms with E-state index in [1.54, 1.807) is 10.6 Å². The molecule has 0 aliphatic heterocycles. The van der Waals surface area contributed by atoms with Crippen molar-refractivity contribution in [2.24, 2.45) is 12.8 Å². The molecule has 1 aromatic carbocycles. The zero-order valence-electron chi connectivity index (χ0n) is 9.98. The fourth-order valence-electron chi connectivity index (χ4n) is 1.72. The molecule has 0 fully saturated rings. The van der Waals surface area contributed by atoms with Crippen LogP contribution in [0.15, 0.2) is 41.0 Å². The number of aromatic nitrogens is 1. The van der Waals surface area contributed by atoms with Crippen LogP contribution < -0.4 is 11.1 Å². The number of carbonyl (C=O) groups is 1. The second-order valence-electron chi connectivity index (χ2n) is 4.01. The normalized spacial score (nSPS) is 10.4. The average Bonchev–Trinajstić information content (AvgIpc) is 2.69. The number of hydrogen-bond acceptors (Lipinski definition) is 2. The molecule has 1 heterocycles. The molecular formula is C13H14BrN3O. The molecule has 5 heteroatoms. The number of hydrogen-bond donors (Lipinski definition) is 2. The number of carbonyl (C=O) groups excluding carboxylic acids is 1. The van der Waals surface area contributed by atoms with E-state index in [2.05, 4.69) is 21.2 Å². The molecule has 0 unspecified atom stereocenters. The molecule has 0 bridgehead atoms. The minimum atomic E-state index is -0.141. The van der Waals surface area contributed by atoms with Gasteiger partial charge < -0.3 is 15.6 Å². The van der Waals surface area contributed by atoms with Crippen LogP contribution in [0, 0.1) is 0 Å². The van der Waals surface area contributed by atoms with Gasteiger partial charge in [-0.25, -0.2) is 0 Å². The average molecular weight is 308 g/mol. The van der Waals surface area contributed by atoms with E-state index in [1.807, 2.05) is 37.5 Å². The fourth-order valence-corrected chi connectivity index (χ4v) is 2.25. The number of aryl methyl sites for hydroxylation is 1. The van der Waals surface area contributed by atoms with Crippen molar-refractivity contribution in [2.45, 2.75) is 6.54 Å². The highest BCUT2D eigenvalue weighted by molar-refractivity contribution is 9.10. The number of amides is 1. The van der Waals surface area contributed by atoms with Crippen LogP contribution in [0.3, 0.4) is 0 Å². The van der Waals surface area contributed by atoms with E-state index in [-0.39, 0.29) is 5.91 Å². The molecule has 0 saturated heterocycles. The molecule has 2 aromatic rings. The Morgan fingerprint density at radius 3 is 2.83 bits per heavy atom. The zero-order chi connectivity index (χ0) is 13.1. The summed E-state index contributed by atoms with van der Waals surface area (Å²) in [7, 11) is 1.83. The molecular weight excluding hydrogens is 294 g/mol. The molecule has 0 radical (unpaired) electrons. The van der Waals surface area contributed by atoms with E-state index in [4.69, 9.17) is 5.73 Å². The lowest BCUT2D eigenvalue weighted by Crippen LogP contribution is -2.15. The first kappa shape index (κ1) is 12.9. The first-order valence-corrected chi connectivity index (χ1v) is 6.31. The van der Waals surface area contributed by atoms with Gasteiger partial charge >= 0.3 is 0 Å². The topological polar surface area (TPSA) is 60.0 Å². The van der Waals surface area contributed by atoms with E-state index in [9.17, 15) is 4.79 Å². The van der Waals surface area contributed by atoms with Crippen molar-refractivity contribution in [3.63, 3.8) is 0 Å². The fraction of sp³-hybridized carbons (Fsp3) is 0.154. The summed E-state index contributed by atoms with van der Waals surface area (Å²) in [6.07, 6.45) is 1.84. The summed E-state index contributed by atoms with van der Waals surface area (Å²) in [5, 5.41) is 2.85. The molecule has 94 valence electrons. The molecule has 18 heavy (non-hydrogen) atoms. The van der Waals surface area contributed by atoms with Crippen LogP contribution >= 0.6 is 15.9 Å². The third-order valence-corrected chi connectivity index (χ3v) is 3.06. The van der Waals surface area contributed by atoms with Crippen LogP contribution in [0.4, 0.5) is 5.69 Å². The number of nitrogens with one attached hydrogen (secondary N) is 1. The Morgan fingerprint density at radius 1 is 1.44 bits per heavy atom. The van der Waals surface area contributed by atoms with E-state index in [0.29, 0.717) is 12.2 Å². The van der Waals surface area contributed by atoms with Crippen molar-refractivity contribution in [1.29, 1.82) is 0 Å². The summed E-state index contributed by atoms with van der Waals surface area (Å²) >= 11 is 3.34. The highest BCUT2D eigenvalue weighted by atomic mass is 79.9. The Kier molecular flexibility index (Phi) is 3.84. The monoisotopic (exact) mass is 307 g/mol. The van der Waals surface area contributed by atoms with Crippen LogP contribution in [0.1, 0.15) is 16.1 Å². The van der Waals surface area contributed by atoms with Crippen LogP contribution in [0.5, 0.6) is 0 Å². The van der Waals surface area contributed by atoms with Gasteiger partial charge in [-0.15, -0.1) is 0 Å². The Hall–Kier alpha value is -1.59. The molecule has 0 spiro atoms. The van der Waals surface area contributed by atoms with Crippen LogP contribution in [0.25, 0.3) is 0 Å². The lowest BCUT2D eigenvalue weighted by molar-refractivity contribution is 0.101. The lowest BCUT2D eigenvalue weighted by atomic mass is 10.2. The van der Waals surface area contributed by atoms with E-state index in [1.165, 1.54) is 0 Å². The highest BCUT2D eigenvalue weighted by Gasteiger charge is 2.11. The Balaban J connectivity index is 2.18. The van der Waals surface area contributed by atoms with E-state index in [0.717, 1.165) is 15.7 Å². The molecule has 3 N–H and O–H groups in total. The van der Waals surface area contributed by atoms with Crippen molar-refractivity contribution >= 4 is 27.5 Å². The number of rotatable bonds is 3. The molecule has 2 rings (SSSR count). The molecule has 0 atom stereocenters. The Labute approximate surface area is 114 Å². The lowest BCUT2D eigenvalue weighted by Gasteiger charge is -2.07. The van der Waals surface area contributed by atoms with Gasteiger partial charge in [0.15, 0.2) is 0 Å². The van der Waals surface area contributed by atoms with Crippen molar-refractivity contribution < 1.29 is 4.79 Å². The second-order valence-corrected chi connectivity index (χ2v) is 4.93. The summed E-state index contributed by atoms with van der Waals surface area (Å²) in [6.45, 7) is 0.458. The molecule has 4 nitrogen and oxygen atoms in total. The summed E-state index contributed by atoms with van der Waals surface area (Å²) in [4.78, 5) is 12.1. The van der Waals surface area contributed by atoms with Gasteiger partial charge in [0.2, 0.25) is 0 Å². The van der Waals surface area contributed by atoms with Gasteiger partial charge in [0.05, 0.1) is 0 Å². The second kappa shape index (κ2) is 5.37. The molecule has 0 aliphatic rings. The molecule has 1 aromatic heterocycles. The zero-order valence-corrected chi connectivity index (χ0v) is 11.6. The smallest absolute Gasteiger partial charge is 0.272 e. The van der Waals surface area contributed by atoms with Gasteiger partial charge in [-0.3, -0.25) is 4.79 Å². The third-order valence-electron chi connectivity index (χ3n) is 2.62. The quantitative estimate of drug-likeness (QED) is 0.915. The molecule has 1 amide bonds. The first-order chi connectivity index (χ1) is 8.60. The third kappa shape index (κ3) is 2.80. The molecule has 0 aliphatic carbocycles. The standard InChI is InChI=1S/C13H14BrN3O/c1-17-8-10(14)6-12(17)13(18)16-11-4-2-3-9(5-11)7-15/h2-6,8H,7,15H2,1H3,(H,16,18). The Morgan fingerprint density at radius 2 is 2.22 bits per heavy atom. The van der Waals surface area contributed by atoms with Crippen molar-refractivity contribution in [3.05, 3.63) is 52.3 Å². The number of halogens is 1. The van der Waals surface area contributed by atoms with E-state index < -0.39 is 0 Å². The maximum atomic E-state index is 12.1. The number of benzene rings is 1. The minimum Gasteiger partial charge on any atom is -0.345 e. The minimum absolute atomic E-state index is 0.141. The number of nitrogens with two attached hydrogens (primary N) is 1. The van der Waals surface area contributed by atoms with Gasteiger partial charge in [0, 0.05) is 29.9 Å². The first-order valence-electron chi connectivity index (χ1n) is 5.52. The van der Waals surface area contributed by atoms with Gasteiger partial charge in [0.25, 0.3) is 5.91 Å². The summed E-state index contributed by atoms with van der Waals surface area (Å²) < 4.78 is 2.65. The maximum absolute atomic E-state index is 12.1. The highest BCUT2D eigenvalue weighted by Crippen LogP contribution is 2.16. The number of nitrogens with zero attached hydrogens (tertiary/aromatic N) is 1. The van der Waals surface area contributed by atoms with Gasteiger partial charge in [-0.1, -0.05) is 12.1 Å². The summed E-state index contributed by atoms with van der Waals surface area (Å²) in [6, 6.07) is 9.29. The molecule has 0 saturated carbocycles. The summed E-state index contributed by atoms with van der Waals surface area (Å²) in [5.41, 5.74) is 7.90. The van der Waals surface area contributed by atoms with Crippen LogP contribution in [-0.4, -0.2) is 10.5 Å². The van der Waals surface area contributed by atoms with Crippen molar-refractivity contribution in [1.82, 2.24) is 4.57 Å². The van der Waals surface area contributed by atoms with E-state index >= 15 is 0 Å². The Bertz CT molecular complexity index is 577. The largest absolute Gasteiger partial charge is 0.345 e. The predicted molar refractivity (Wildman–Crippen MR) is 75.4 cm³/mol. The maximum Gasteiger partial charge on any atom is 0.272 e. The summed E-state index contributed by atoms with van der Waals surface area (Å²) in [5.74, 6) is -0.141. The van der Waals surface area contributed by atoms with Gasteiger partial charge in [-0.05, 0) is 39.7 Å². The SMILES string of the molecule is Cn1cc(Br)cc1C(=O)Nc1cccc(CN)c1. The van der Waals surface area contributed by atoms with Gasteiger partial charge in [0.1, 0.15) is 5.69 Å². The van der Waals surface area contributed by atoms with Crippen molar-refractivity contribution in [2.75, 3.05) is 5.32 Å². The van der Waals surface area contributed by atoms with Crippen LogP contribution in [-0.2, 0) is 13.6 Å².